The number of rotatable bonds is 5. The summed E-state index contributed by atoms with van der Waals surface area (Å²) in [5, 5.41) is 3.10. The van der Waals surface area contributed by atoms with Crippen molar-refractivity contribution in [2.75, 3.05) is 12.4 Å². The fourth-order valence-corrected chi connectivity index (χ4v) is 3.14. The summed E-state index contributed by atoms with van der Waals surface area (Å²) in [6.07, 6.45) is 0. The highest BCUT2D eigenvalue weighted by atomic mass is 35.5. The first-order chi connectivity index (χ1) is 12.9. The van der Waals surface area contributed by atoms with E-state index in [1.54, 1.807) is 55.6 Å². The molecule has 1 heterocycles. The molecule has 0 radical (unpaired) electrons. The van der Waals surface area contributed by atoms with Crippen LogP contribution in [-0.4, -0.2) is 35.2 Å². The summed E-state index contributed by atoms with van der Waals surface area (Å²) in [6, 6.07) is 13.0. The number of alkyl halides is 1. The van der Waals surface area contributed by atoms with E-state index in [-0.39, 0.29) is 11.8 Å². The van der Waals surface area contributed by atoms with Gasteiger partial charge in [-0.25, -0.2) is 5.01 Å². The Kier molecular flexibility index (Phi) is 5.32. The fraction of sp³-hybridized carbons (Fsp3) is 0.211. The number of carbonyl (C=O) groups excluding carboxylic acids is 3. The van der Waals surface area contributed by atoms with Crippen LogP contribution in [0.5, 0.6) is 5.75 Å². The summed E-state index contributed by atoms with van der Waals surface area (Å²) >= 11 is 6.15. The number of ether oxygens (including phenoxy) is 1. The van der Waals surface area contributed by atoms with Crippen molar-refractivity contribution in [2.45, 2.75) is 18.3 Å². The van der Waals surface area contributed by atoms with Gasteiger partial charge in [0.25, 0.3) is 11.8 Å². The minimum Gasteiger partial charge on any atom is -0.497 e. The van der Waals surface area contributed by atoms with Crippen LogP contribution in [0.3, 0.4) is 0 Å². The smallest absolute Gasteiger partial charge is 0.269 e. The van der Waals surface area contributed by atoms with Gasteiger partial charge < -0.3 is 10.1 Å². The second-order valence-corrected chi connectivity index (χ2v) is 6.50. The predicted octanol–water partition coefficient (Wildman–Crippen LogP) is 2.49. The Hall–Kier alpha value is -3.06. The quantitative estimate of drug-likeness (QED) is 0.609. The van der Waals surface area contributed by atoms with E-state index in [4.69, 9.17) is 16.3 Å². The van der Waals surface area contributed by atoms with Gasteiger partial charge in [0.2, 0.25) is 5.91 Å². The van der Waals surface area contributed by atoms with Gasteiger partial charge in [-0.05, 0) is 42.0 Å². The molecule has 1 aliphatic heterocycles. The topological polar surface area (TPSA) is 87.7 Å². The van der Waals surface area contributed by atoms with Gasteiger partial charge >= 0.3 is 0 Å². The highest BCUT2D eigenvalue weighted by Gasteiger charge is 2.48. The Morgan fingerprint density at radius 3 is 2.26 bits per heavy atom. The molecule has 2 N–H and O–H groups in total. The Labute approximate surface area is 161 Å². The van der Waals surface area contributed by atoms with Gasteiger partial charge in [-0.15, -0.1) is 11.6 Å². The Balaban J connectivity index is 1.71. The van der Waals surface area contributed by atoms with Crippen LogP contribution in [0, 0.1) is 0 Å². The molecule has 1 aliphatic rings. The minimum atomic E-state index is -0.749. The molecule has 3 amide bonds. The molecule has 0 bridgehead atoms. The van der Waals surface area contributed by atoms with E-state index in [0.717, 1.165) is 5.56 Å². The molecule has 0 saturated carbocycles. The van der Waals surface area contributed by atoms with Gasteiger partial charge in [0, 0.05) is 18.2 Å². The normalized spacial score (nSPS) is 18.5. The molecule has 0 aromatic heterocycles. The molecular formula is C19H18ClN3O4. The van der Waals surface area contributed by atoms with Crippen molar-refractivity contribution in [3.63, 3.8) is 0 Å². The van der Waals surface area contributed by atoms with Crippen LogP contribution in [0.2, 0.25) is 0 Å². The van der Waals surface area contributed by atoms with E-state index >= 15 is 0 Å². The molecule has 27 heavy (non-hydrogen) atoms. The maximum absolute atomic E-state index is 12.5. The zero-order valence-electron chi connectivity index (χ0n) is 14.7. The zero-order chi connectivity index (χ0) is 19.6. The monoisotopic (exact) mass is 387 g/mol. The van der Waals surface area contributed by atoms with E-state index in [1.165, 1.54) is 11.9 Å². The number of anilines is 1. The largest absolute Gasteiger partial charge is 0.497 e. The lowest BCUT2D eigenvalue weighted by molar-refractivity contribution is -0.149. The molecule has 8 heteroatoms. The number of β-lactam (4-membered cyclic amide) rings is 1. The second kappa shape index (κ2) is 7.67. The molecule has 1 saturated heterocycles. The molecule has 7 nitrogen and oxygen atoms in total. The van der Waals surface area contributed by atoms with Crippen LogP contribution >= 0.6 is 11.6 Å². The van der Waals surface area contributed by atoms with Crippen molar-refractivity contribution in [1.82, 2.24) is 10.4 Å². The molecule has 0 spiro atoms. The lowest BCUT2D eigenvalue weighted by Gasteiger charge is -2.43. The third-order valence-electron chi connectivity index (χ3n) is 4.18. The highest BCUT2D eigenvalue weighted by Crippen LogP contribution is 2.37. The molecule has 0 unspecified atom stereocenters. The number of hydrogen-bond acceptors (Lipinski definition) is 4. The third kappa shape index (κ3) is 3.88. The summed E-state index contributed by atoms with van der Waals surface area (Å²) in [5.41, 5.74) is 4.31. The van der Waals surface area contributed by atoms with Gasteiger partial charge in [0.15, 0.2) is 0 Å². The maximum atomic E-state index is 12.5. The maximum Gasteiger partial charge on any atom is 0.269 e. The van der Waals surface area contributed by atoms with Gasteiger partial charge in [-0.2, -0.15) is 0 Å². The second-order valence-electron chi connectivity index (χ2n) is 6.03. The van der Waals surface area contributed by atoms with Gasteiger partial charge in [-0.3, -0.25) is 19.8 Å². The van der Waals surface area contributed by atoms with E-state index in [0.29, 0.717) is 17.0 Å². The van der Waals surface area contributed by atoms with Crippen molar-refractivity contribution in [1.29, 1.82) is 0 Å². The van der Waals surface area contributed by atoms with Crippen molar-refractivity contribution < 1.29 is 19.1 Å². The van der Waals surface area contributed by atoms with Crippen molar-refractivity contribution in [3.05, 3.63) is 59.7 Å². The van der Waals surface area contributed by atoms with Gasteiger partial charge in [0.05, 0.1) is 7.11 Å². The molecule has 3 rings (SSSR count). The molecule has 2 aromatic carbocycles. The number of benzene rings is 2. The zero-order valence-corrected chi connectivity index (χ0v) is 15.5. The summed E-state index contributed by atoms with van der Waals surface area (Å²) in [6.45, 7) is 1.40. The standard InChI is InChI=1S/C19H18ClN3O4/c1-11(24)21-14-7-3-13(4-8-14)18(25)22-23-17(16(20)19(23)26)12-5-9-15(27-2)10-6-12/h3-10,16-17H,1-2H3,(H,21,24)(H,22,25)/t16-,17-/m1/s1. The molecule has 0 aliphatic carbocycles. The first kappa shape index (κ1) is 18.7. The van der Waals surface area contributed by atoms with Crippen molar-refractivity contribution >= 4 is 35.0 Å². The van der Waals surface area contributed by atoms with Gasteiger partial charge in [0.1, 0.15) is 17.2 Å². The van der Waals surface area contributed by atoms with E-state index in [1.807, 2.05) is 0 Å². The first-order valence-electron chi connectivity index (χ1n) is 8.20. The predicted molar refractivity (Wildman–Crippen MR) is 100 cm³/mol. The van der Waals surface area contributed by atoms with Crippen LogP contribution in [-0.2, 0) is 9.59 Å². The Morgan fingerprint density at radius 2 is 1.70 bits per heavy atom. The Bertz CT molecular complexity index is 868. The number of nitrogens with zero attached hydrogens (tertiary/aromatic N) is 1. The molecule has 1 fully saturated rings. The minimum absolute atomic E-state index is 0.200. The van der Waals surface area contributed by atoms with Crippen molar-refractivity contribution in [3.8, 4) is 5.75 Å². The number of nitrogens with one attached hydrogen (secondary N) is 2. The van der Waals surface area contributed by atoms with Crippen LogP contribution < -0.4 is 15.5 Å². The summed E-state index contributed by atoms with van der Waals surface area (Å²) in [7, 11) is 1.57. The van der Waals surface area contributed by atoms with Crippen LogP contribution in [0.25, 0.3) is 0 Å². The molecule has 2 atom stereocenters. The SMILES string of the molecule is COc1ccc([C@@H]2[C@@H](Cl)C(=O)N2NC(=O)c2ccc(NC(C)=O)cc2)cc1. The third-order valence-corrected chi connectivity index (χ3v) is 4.60. The fourth-order valence-electron chi connectivity index (χ4n) is 2.78. The summed E-state index contributed by atoms with van der Waals surface area (Å²) < 4.78 is 5.12. The summed E-state index contributed by atoms with van der Waals surface area (Å²) in [4.78, 5) is 35.6. The number of methoxy groups -OCH3 is 1. The average molecular weight is 388 g/mol. The highest BCUT2D eigenvalue weighted by molar-refractivity contribution is 6.33. The number of hydrogen-bond donors (Lipinski definition) is 2. The average Bonchev–Trinajstić information content (AvgIpc) is 2.67. The van der Waals surface area contributed by atoms with E-state index in [9.17, 15) is 14.4 Å². The molecule has 2 aromatic rings. The van der Waals surface area contributed by atoms with Crippen LogP contribution in [0.4, 0.5) is 5.69 Å². The van der Waals surface area contributed by atoms with E-state index < -0.39 is 17.3 Å². The number of hydrazine groups is 1. The first-order valence-corrected chi connectivity index (χ1v) is 8.64. The number of carbonyl (C=O) groups is 3. The Morgan fingerprint density at radius 1 is 1.07 bits per heavy atom. The number of halogens is 1. The van der Waals surface area contributed by atoms with Crippen LogP contribution in [0.15, 0.2) is 48.5 Å². The summed E-state index contributed by atoms with van der Waals surface area (Å²) in [5.74, 6) is -0.334. The molecular weight excluding hydrogens is 370 g/mol. The van der Waals surface area contributed by atoms with Gasteiger partial charge in [-0.1, -0.05) is 12.1 Å². The van der Waals surface area contributed by atoms with E-state index in [2.05, 4.69) is 10.7 Å². The lowest BCUT2D eigenvalue weighted by atomic mass is 9.95. The molecule has 140 valence electrons. The van der Waals surface area contributed by atoms with Crippen LogP contribution in [0.1, 0.15) is 28.9 Å². The van der Waals surface area contributed by atoms with Crippen molar-refractivity contribution in [2.24, 2.45) is 0 Å². The lowest BCUT2D eigenvalue weighted by Crippen LogP contribution is -2.63. The number of amides is 3.